The minimum Gasteiger partial charge on any atom is -0.509 e. The van der Waals surface area contributed by atoms with E-state index in [9.17, 15) is 0 Å². The van der Waals surface area contributed by atoms with Crippen LogP contribution in [-0.4, -0.2) is 16.2 Å². The molecule has 8 aromatic rings. The van der Waals surface area contributed by atoms with Gasteiger partial charge in [0.15, 0.2) is 18.0 Å². The van der Waals surface area contributed by atoms with Crippen molar-refractivity contribution in [2.45, 2.75) is 105 Å². The van der Waals surface area contributed by atoms with Gasteiger partial charge in [0, 0.05) is 73.7 Å². The van der Waals surface area contributed by atoms with Gasteiger partial charge in [0.25, 0.3) is 0 Å². The fourth-order valence-electron chi connectivity index (χ4n) is 9.92. The topological polar surface area (TPSA) is 27.1 Å². The molecule has 3 aliphatic rings. The summed E-state index contributed by atoms with van der Waals surface area (Å²) in [6.07, 6.45) is 1.83. The number of aromatic nitrogens is 2. The molecule has 2 atom stereocenters. The fourth-order valence-corrected chi connectivity index (χ4v) is 9.92. The number of hydrogen-bond acceptors (Lipinski definition) is 2. The van der Waals surface area contributed by atoms with Crippen LogP contribution < -0.4 is 13.7 Å². The SMILES string of the molecule is CC(C)(C)c1cccc(-c2cccc3c2[N@@+]2(c4cc(C(C)(C)C)cc(C(C)(C)C)c4)[CH-][N@+]3(c3[c-]c(Oc4[c-]c5c(cc4)c4c(F)cccc4n5-c4cc(C(C)(C)C)ccn4)ccc3)C2)c1.[Pt]. The maximum absolute atomic E-state index is 15.7. The molecule has 5 nitrogen and oxygen atoms in total. The summed E-state index contributed by atoms with van der Waals surface area (Å²) >= 11 is 0. The molecule has 0 aliphatic carbocycles. The van der Waals surface area contributed by atoms with Gasteiger partial charge in [0.05, 0.1) is 6.67 Å². The molecule has 0 radical (unpaired) electrons. The van der Waals surface area contributed by atoms with Crippen molar-refractivity contribution in [2.75, 3.05) is 6.67 Å². The third kappa shape index (κ3) is 7.45. The molecule has 3 aliphatic heterocycles. The van der Waals surface area contributed by atoms with Crippen molar-refractivity contribution in [1.82, 2.24) is 18.5 Å². The Balaban J connectivity index is 0.00000548. The number of rotatable bonds is 6. The number of ether oxygens (including phenoxy) is 1. The van der Waals surface area contributed by atoms with Crippen LogP contribution in [0.25, 0.3) is 38.8 Å². The van der Waals surface area contributed by atoms with Crippen molar-refractivity contribution in [3.05, 3.63) is 174 Å². The summed E-state index contributed by atoms with van der Waals surface area (Å²) in [4.78, 5) is 4.79. The van der Waals surface area contributed by atoms with E-state index in [1.807, 2.05) is 41.1 Å². The molecule has 0 unspecified atom stereocenters. The third-order valence-electron chi connectivity index (χ3n) is 13.7. The van der Waals surface area contributed by atoms with E-state index in [0.717, 1.165) is 28.8 Å². The average molecular weight is 1060 g/mol. The first kappa shape index (κ1) is 45.8. The Morgan fingerprint density at radius 2 is 1.24 bits per heavy atom. The Morgan fingerprint density at radius 1 is 0.621 bits per heavy atom. The summed E-state index contributed by atoms with van der Waals surface area (Å²) in [6, 6.07) is 49.9. The van der Waals surface area contributed by atoms with Gasteiger partial charge in [-0.05, 0) is 85.2 Å². The number of nitrogens with zero attached hydrogens (tertiary/aromatic N) is 4. The molecular formula is C59H60FN4OPt-. The van der Waals surface area contributed by atoms with Gasteiger partial charge in [-0.2, -0.15) is 12.1 Å². The number of quaternary nitrogens is 2. The van der Waals surface area contributed by atoms with Gasteiger partial charge in [0.1, 0.15) is 17.3 Å². The van der Waals surface area contributed by atoms with E-state index in [2.05, 4.69) is 181 Å². The van der Waals surface area contributed by atoms with Gasteiger partial charge >= 0.3 is 0 Å². The van der Waals surface area contributed by atoms with Crippen LogP contribution >= 0.6 is 0 Å². The number of fused-ring (bicyclic) bond motifs is 3. The summed E-state index contributed by atoms with van der Waals surface area (Å²) in [5.41, 5.74) is 13.6. The molecule has 66 heavy (non-hydrogen) atoms. The molecule has 0 N–H and O–H groups in total. The Hall–Kier alpha value is -5.39. The van der Waals surface area contributed by atoms with E-state index in [1.165, 1.54) is 50.9 Å². The van der Waals surface area contributed by atoms with Gasteiger partial charge in [-0.15, -0.1) is 24.3 Å². The van der Waals surface area contributed by atoms with Crippen molar-refractivity contribution in [3.63, 3.8) is 0 Å². The molecule has 5 heterocycles. The number of pyridine rings is 1. The average Bonchev–Trinajstić information content (AvgIpc) is 3.84. The quantitative estimate of drug-likeness (QED) is 0.123. The van der Waals surface area contributed by atoms with Crippen LogP contribution in [0.15, 0.2) is 128 Å². The minimum absolute atomic E-state index is 0. The first-order valence-corrected chi connectivity index (χ1v) is 22.9. The normalized spacial score (nSPS) is 18.3. The Labute approximate surface area is 405 Å². The molecule has 6 aromatic carbocycles. The fraction of sp³-hybridized carbons (Fsp3) is 0.288. The van der Waals surface area contributed by atoms with Crippen LogP contribution in [0, 0.1) is 24.6 Å². The zero-order valence-corrected chi connectivity index (χ0v) is 42.6. The first-order valence-electron chi connectivity index (χ1n) is 22.9. The summed E-state index contributed by atoms with van der Waals surface area (Å²) < 4.78 is 25.5. The molecule has 7 heteroatoms. The smallest absolute Gasteiger partial charge is 0.187 e. The van der Waals surface area contributed by atoms with E-state index in [4.69, 9.17) is 9.72 Å². The number of hydrogen-bond donors (Lipinski definition) is 0. The van der Waals surface area contributed by atoms with E-state index < -0.39 is 0 Å². The van der Waals surface area contributed by atoms with E-state index >= 15 is 4.39 Å². The molecule has 2 bridgehead atoms. The predicted molar refractivity (Wildman–Crippen MR) is 268 cm³/mol. The second-order valence-electron chi connectivity index (χ2n) is 22.5. The summed E-state index contributed by atoms with van der Waals surface area (Å²) in [7, 11) is 0. The maximum atomic E-state index is 15.7. The van der Waals surface area contributed by atoms with Crippen LogP contribution in [0.3, 0.4) is 0 Å². The molecule has 340 valence electrons. The third-order valence-corrected chi connectivity index (χ3v) is 13.7. The number of halogens is 1. The molecule has 0 amide bonds. The molecule has 2 aromatic heterocycles. The Kier molecular flexibility index (Phi) is 10.8. The van der Waals surface area contributed by atoms with Crippen molar-refractivity contribution in [3.8, 4) is 28.4 Å². The van der Waals surface area contributed by atoms with Crippen molar-refractivity contribution < 1.29 is 30.2 Å². The number of benzene rings is 6. The molecule has 1 fully saturated rings. The summed E-state index contributed by atoms with van der Waals surface area (Å²) in [5.74, 6) is 1.51. The monoisotopic (exact) mass is 1050 g/mol. The van der Waals surface area contributed by atoms with Crippen LogP contribution in [0.5, 0.6) is 11.5 Å². The van der Waals surface area contributed by atoms with Crippen molar-refractivity contribution in [1.29, 1.82) is 0 Å². The largest absolute Gasteiger partial charge is 0.509 e. The van der Waals surface area contributed by atoms with E-state index in [1.54, 1.807) is 6.07 Å². The molecule has 1 saturated heterocycles. The second-order valence-corrected chi connectivity index (χ2v) is 22.5. The van der Waals surface area contributed by atoms with Crippen LogP contribution in [-0.2, 0) is 42.7 Å². The van der Waals surface area contributed by atoms with Gasteiger partial charge < -0.3 is 13.8 Å². The van der Waals surface area contributed by atoms with Crippen LogP contribution in [0.1, 0.15) is 105 Å². The van der Waals surface area contributed by atoms with Crippen LogP contribution in [0.4, 0.5) is 27.1 Å². The standard InChI is InChI=1S/C59H60FN4O.Pt/c1-56(2,3)39-18-13-17-38(29-39)47-21-15-24-52-55(47)64(44-31-41(58(7,8)9)30-42(32-44)59(10,11)12)36-63(52,37-64)43-19-14-20-45(34-43)65-46-25-26-48-51(35-46)62(50-23-16-22-49(60)54(48)50)53-33-40(27-28-61-53)57(4,5)6;/h13-33,36H,37H2,1-12H3;/q-1;/t63-,64+;/m1./s1. The Bertz CT molecular complexity index is 3170. The van der Waals surface area contributed by atoms with Crippen molar-refractivity contribution >= 4 is 44.6 Å². The predicted octanol–water partition coefficient (Wildman–Crippen LogP) is 15.9. The molecular weight excluding hydrogens is 995 g/mol. The van der Waals surface area contributed by atoms with Gasteiger partial charge in [-0.25, -0.2) is 9.37 Å². The van der Waals surface area contributed by atoms with Gasteiger partial charge in [-0.3, -0.25) is 4.48 Å². The van der Waals surface area contributed by atoms with E-state index in [0.29, 0.717) is 37.2 Å². The molecule has 11 rings (SSSR count). The van der Waals surface area contributed by atoms with Crippen LogP contribution in [0.2, 0.25) is 0 Å². The maximum Gasteiger partial charge on any atom is 0.187 e. The summed E-state index contributed by atoms with van der Waals surface area (Å²) in [6.45, 7) is 30.5. The Morgan fingerprint density at radius 3 is 1.92 bits per heavy atom. The number of para-hydroxylation sites is 1. The molecule has 0 saturated carbocycles. The van der Waals surface area contributed by atoms with Crippen molar-refractivity contribution in [2.24, 2.45) is 0 Å². The van der Waals surface area contributed by atoms with Gasteiger partial charge in [0.2, 0.25) is 0 Å². The molecule has 0 spiro atoms. The van der Waals surface area contributed by atoms with E-state index in [-0.39, 0.29) is 48.5 Å². The van der Waals surface area contributed by atoms with Gasteiger partial charge in [-0.1, -0.05) is 143 Å². The first-order chi connectivity index (χ1) is 30.6. The second kappa shape index (κ2) is 15.6. The zero-order chi connectivity index (χ0) is 46.1. The minimum atomic E-state index is -0.286. The zero-order valence-electron chi connectivity index (χ0n) is 40.3. The summed E-state index contributed by atoms with van der Waals surface area (Å²) in [5, 5.41) is 1.28.